The molecule has 0 radical (unpaired) electrons. The molecule has 0 aliphatic carbocycles. The van der Waals surface area contributed by atoms with E-state index in [0.29, 0.717) is 6.61 Å². The van der Waals surface area contributed by atoms with Crippen molar-refractivity contribution in [3.05, 3.63) is 71.3 Å². The van der Waals surface area contributed by atoms with Crippen molar-refractivity contribution in [2.45, 2.75) is 19.5 Å². The predicted octanol–water partition coefficient (Wildman–Crippen LogP) is 5.03. The van der Waals surface area contributed by atoms with Crippen LogP contribution in [-0.2, 0) is 9.09 Å². The minimum Gasteiger partial charge on any atom is -0.328 e. The monoisotopic (exact) mass is 288 g/mol. The molecule has 2 aromatic rings. The Hall–Kier alpha value is -1.37. The summed E-state index contributed by atoms with van der Waals surface area (Å²) >= 11 is 0. The van der Waals surface area contributed by atoms with Gasteiger partial charge in [0.1, 0.15) is 0 Å². The van der Waals surface area contributed by atoms with Crippen molar-refractivity contribution >= 4 is 7.37 Å². The molecule has 2 aromatic carbocycles. The first-order valence-electron chi connectivity index (χ1n) is 6.88. The van der Waals surface area contributed by atoms with Crippen LogP contribution >= 0.6 is 7.37 Å². The van der Waals surface area contributed by atoms with Crippen LogP contribution in [0, 0.1) is 6.92 Å². The van der Waals surface area contributed by atoms with E-state index in [1.807, 2.05) is 49.4 Å². The van der Waals surface area contributed by atoms with Crippen LogP contribution in [0.25, 0.3) is 0 Å². The van der Waals surface area contributed by atoms with Gasteiger partial charge in [-0.05, 0) is 25.0 Å². The van der Waals surface area contributed by atoms with Crippen molar-refractivity contribution < 1.29 is 9.09 Å². The van der Waals surface area contributed by atoms with E-state index in [2.05, 4.69) is 19.1 Å². The van der Waals surface area contributed by atoms with Crippen LogP contribution in [0.15, 0.2) is 54.6 Å². The van der Waals surface area contributed by atoms with Crippen molar-refractivity contribution in [3.63, 3.8) is 0 Å². The Morgan fingerprint density at radius 3 is 2.10 bits per heavy atom. The summed E-state index contributed by atoms with van der Waals surface area (Å²) in [7, 11) is -2.76. The maximum atomic E-state index is 13.0. The fourth-order valence-corrected chi connectivity index (χ4v) is 4.54. The number of rotatable bonds is 5. The molecule has 0 spiro atoms. The van der Waals surface area contributed by atoms with Gasteiger partial charge < -0.3 is 4.52 Å². The number of aryl methyl sites for hydroxylation is 1. The highest BCUT2D eigenvalue weighted by molar-refractivity contribution is 7.58. The predicted molar refractivity (Wildman–Crippen MR) is 84.6 cm³/mol. The van der Waals surface area contributed by atoms with Gasteiger partial charge in [0.2, 0.25) is 7.37 Å². The molecule has 0 aromatic heterocycles. The Kier molecular flexibility index (Phi) is 4.80. The summed E-state index contributed by atoms with van der Waals surface area (Å²) in [6.45, 7) is 6.12. The third-order valence-corrected chi connectivity index (χ3v) is 5.67. The molecule has 0 heterocycles. The van der Waals surface area contributed by atoms with Crippen molar-refractivity contribution in [3.8, 4) is 0 Å². The maximum absolute atomic E-state index is 13.0. The van der Waals surface area contributed by atoms with Crippen LogP contribution in [0.4, 0.5) is 0 Å². The molecule has 20 heavy (non-hydrogen) atoms. The third-order valence-electron chi connectivity index (χ3n) is 3.36. The molecule has 0 bridgehead atoms. The molecule has 0 aliphatic heterocycles. The summed E-state index contributed by atoms with van der Waals surface area (Å²) in [6.07, 6.45) is 0. The molecular weight excluding hydrogens is 267 g/mol. The van der Waals surface area contributed by atoms with Crippen LogP contribution < -0.4 is 0 Å². The van der Waals surface area contributed by atoms with Gasteiger partial charge in [-0.1, -0.05) is 60.2 Å². The van der Waals surface area contributed by atoms with Crippen LogP contribution in [0.2, 0.25) is 0 Å². The number of hydrogen-bond acceptors (Lipinski definition) is 2. The molecule has 2 atom stereocenters. The maximum Gasteiger partial charge on any atom is 0.211 e. The van der Waals surface area contributed by atoms with Gasteiger partial charge in [0.05, 0.1) is 12.3 Å². The lowest BCUT2D eigenvalue weighted by Gasteiger charge is -2.25. The average Bonchev–Trinajstić information content (AvgIpc) is 2.42. The topological polar surface area (TPSA) is 26.3 Å². The number of benzene rings is 2. The smallest absolute Gasteiger partial charge is 0.211 e. The Bertz CT molecular complexity index is 590. The van der Waals surface area contributed by atoms with E-state index < -0.39 is 7.37 Å². The largest absolute Gasteiger partial charge is 0.328 e. The Balaban J connectivity index is 2.50. The number of hydrogen-bond donors (Lipinski definition) is 0. The summed E-state index contributed by atoms with van der Waals surface area (Å²) < 4.78 is 18.6. The zero-order valence-electron chi connectivity index (χ0n) is 12.2. The van der Waals surface area contributed by atoms with E-state index in [9.17, 15) is 4.57 Å². The first kappa shape index (κ1) is 15.0. The third kappa shape index (κ3) is 3.39. The molecule has 0 fully saturated rings. The second-order valence-electron chi connectivity index (χ2n) is 5.05. The molecule has 2 rings (SSSR count). The van der Waals surface area contributed by atoms with Crippen LogP contribution in [0.1, 0.15) is 29.3 Å². The van der Waals surface area contributed by atoms with Gasteiger partial charge in [0.15, 0.2) is 0 Å². The van der Waals surface area contributed by atoms with E-state index in [1.54, 1.807) is 6.66 Å². The summed E-state index contributed by atoms with van der Waals surface area (Å²) in [6, 6.07) is 18.1. The summed E-state index contributed by atoms with van der Waals surface area (Å²) in [5.41, 5.74) is 3.07. The quantitative estimate of drug-likeness (QED) is 0.721. The lowest BCUT2D eigenvalue weighted by atomic mass is 10.0. The second-order valence-corrected chi connectivity index (χ2v) is 7.64. The van der Waals surface area contributed by atoms with E-state index in [4.69, 9.17) is 4.52 Å². The first-order chi connectivity index (χ1) is 9.54. The lowest BCUT2D eigenvalue weighted by molar-refractivity contribution is 0.333. The summed E-state index contributed by atoms with van der Waals surface area (Å²) in [5, 5.41) is 0. The van der Waals surface area contributed by atoms with E-state index in [-0.39, 0.29) is 5.66 Å². The van der Waals surface area contributed by atoms with E-state index >= 15 is 0 Å². The standard InChI is InChI=1S/C17H21O2P/c1-4-19-20(3,18)17(15-8-6-5-7-9-15)16-12-10-14(2)11-13-16/h5-13,17H,4H2,1-3H3. The Labute approximate surface area is 121 Å². The molecule has 2 unspecified atom stereocenters. The van der Waals surface area contributed by atoms with Crippen molar-refractivity contribution in [2.75, 3.05) is 13.3 Å². The molecule has 0 amide bonds. The van der Waals surface area contributed by atoms with E-state index in [0.717, 1.165) is 11.1 Å². The normalized spacial score (nSPS) is 15.6. The molecule has 2 nitrogen and oxygen atoms in total. The Morgan fingerprint density at radius 1 is 1.00 bits per heavy atom. The van der Waals surface area contributed by atoms with Crippen molar-refractivity contribution in [2.24, 2.45) is 0 Å². The fraction of sp³-hybridized carbons (Fsp3) is 0.294. The zero-order valence-corrected chi connectivity index (χ0v) is 13.1. The van der Waals surface area contributed by atoms with Gasteiger partial charge in [0, 0.05) is 6.66 Å². The van der Waals surface area contributed by atoms with Gasteiger partial charge >= 0.3 is 0 Å². The van der Waals surface area contributed by atoms with Crippen molar-refractivity contribution in [1.29, 1.82) is 0 Å². The highest BCUT2D eigenvalue weighted by atomic mass is 31.2. The molecule has 0 saturated carbocycles. The van der Waals surface area contributed by atoms with Gasteiger partial charge in [-0.2, -0.15) is 0 Å². The van der Waals surface area contributed by atoms with Crippen LogP contribution in [0.3, 0.4) is 0 Å². The Morgan fingerprint density at radius 2 is 1.55 bits per heavy atom. The van der Waals surface area contributed by atoms with Crippen LogP contribution in [0.5, 0.6) is 0 Å². The first-order valence-corrected chi connectivity index (χ1v) is 9.02. The SMILES string of the molecule is CCOP(C)(=O)C(c1ccccc1)c1ccc(C)cc1. The average molecular weight is 288 g/mol. The van der Waals surface area contributed by atoms with Crippen LogP contribution in [-0.4, -0.2) is 13.3 Å². The lowest BCUT2D eigenvalue weighted by Crippen LogP contribution is -2.05. The van der Waals surface area contributed by atoms with Gasteiger partial charge in [-0.25, -0.2) is 0 Å². The summed E-state index contributed by atoms with van der Waals surface area (Å²) in [4.78, 5) is 0. The highest BCUT2D eigenvalue weighted by Crippen LogP contribution is 2.59. The van der Waals surface area contributed by atoms with Crippen molar-refractivity contribution in [1.82, 2.24) is 0 Å². The minimum absolute atomic E-state index is 0.204. The van der Waals surface area contributed by atoms with Gasteiger partial charge in [-0.3, -0.25) is 4.57 Å². The molecule has 0 aliphatic rings. The fourth-order valence-electron chi connectivity index (χ4n) is 2.45. The van der Waals surface area contributed by atoms with E-state index in [1.165, 1.54) is 5.56 Å². The molecular formula is C17H21O2P. The van der Waals surface area contributed by atoms with Gasteiger partial charge in [0.25, 0.3) is 0 Å². The second kappa shape index (κ2) is 6.39. The van der Waals surface area contributed by atoms with Gasteiger partial charge in [-0.15, -0.1) is 0 Å². The zero-order chi connectivity index (χ0) is 14.6. The summed E-state index contributed by atoms with van der Waals surface area (Å²) in [5.74, 6) is 0. The molecule has 3 heteroatoms. The molecule has 0 N–H and O–H groups in total. The minimum atomic E-state index is -2.76. The molecule has 0 saturated heterocycles. The molecule has 106 valence electrons. The highest BCUT2D eigenvalue weighted by Gasteiger charge is 2.31.